The molecule has 12 nitrogen and oxygen atoms in total. The highest BCUT2D eigenvalue weighted by Crippen LogP contribution is 2.31. The summed E-state index contributed by atoms with van der Waals surface area (Å²) in [4.78, 5) is 58.6. The molecule has 1 unspecified atom stereocenters. The van der Waals surface area contributed by atoms with E-state index in [1.807, 2.05) is 45.0 Å². The summed E-state index contributed by atoms with van der Waals surface area (Å²) in [6.07, 6.45) is 4.05. The number of hydrogen-bond acceptors (Lipinski definition) is 8. The largest absolute Gasteiger partial charge is 0.497 e. The van der Waals surface area contributed by atoms with Crippen LogP contribution in [0.5, 0.6) is 5.75 Å². The molecule has 0 aliphatic carbocycles. The van der Waals surface area contributed by atoms with Gasteiger partial charge < -0.3 is 24.6 Å². The highest BCUT2D eigenvalue weighted by atomic mass is 16.6. The first-order valence-electron chi connectivity index (χ1n) is 17.1. The SMILES string of the molecule is COc1ccc(CN2C(=O)CCC(n3c(=O)n(C)c4cc(N5CCC(N6CCC(NC(=O)OC(C)(C)C)CC6)CC5)ccc43)C2=O)cc1. The number of amides is 3. The number of benzene rings is 2. The van der Waals surface area contributed by atoms with Crippen LogP contribution in [-0.4, -0.2) is 87.8 Å². The Balaban J connectivity index is 1.09. The average molecular weight is 661 g/mol. The number of nitrogens with zero attached hydrogens (tertiary/aromatic N) is 5. The van der Waals surface area contributed by atoms with Gasteiger partial charge in [0.15, 0.2) is 0 Å². The molecular weight excluding hydrogens is 612 g/mol. The maximum absolute atomic E-state index is 13.7. The van der Waals surface area contributed by atoms with Crippen molar-refractivity contribution >= 4 is 34.6 Å². The normalized spacial score (nSPS) is 20.4. The van der Waals surface area contributed by atoms with Crippen molar-refractivity contribution in [2.75, 3.05) is 38.2 Å². The lowest BCUT2D eigenvalue weighted by Gasteiger charge is -2.42. The van der Waals surface area contributed by atoms with Crippen molar-refractivity contribution in [3.05, 3.63) is 58.5 Å². The lowest BCUT2D eigenvalue weighted by molar-refractivity contribution is -0.151. The van der Waals surface area contributed by atoms with Crippen molar-refractivity contribution in [2.45, 2.75) is 89.6 Å². The molecule has 1 aromatic heterocycles. The van der Waals surface area contributed by atoms with Crippen LogP contribution in [0, 0.1) is 0 Å². The van der Waals surface area contributed by atoms with Crippen LogP contribution >= 0.6 is 0 Å². The Morgan fingerprint density at radius 3 is 2.23 bits per heavy atom. The number of rotatable bonds is 7. The Labute approximate surface area is 281 Å². The molecule has 0 saturated carbocycles. The highest BCUT2D eigenvalue weighted by Gasteiger charge is 2.38. The zero-order valence-electron chi connectivity index (χ0n) is 28.7. The van der Waals surface area contributed by atoms with Gasteiger partial charge in [-0.15, -0.1) is 0 Å². The van der Waals surface area contributed by atoms with E-state index < -0.39 is 11.6 Å². The minimum Gasteiger partial charge on any atom is -0.497 e. The number of imidazole rings is 1. The van der Waals surface area contributed by atoms with Gasteiger partial charge in [-0.2, -0.15) is 0 Å². The third-order valence-electron chi connectivity index (χ3n) is 9.96. The molecule has 4 heterocycles. The number of alkyl carbamates (subject to hydrolysis) is 1. The van der Waals surface area contributed by atoms with Crippen LogP contribution in [-0.2, 0) is 27.9 Å². The molecule has 3 aliphatic rings. The van der Waals surface area contributed by atoms with Crippen molar-refractivity contribution < 1.29 is 23.9 Å². The Hall–Kier alpha value is -4.32. The number of piperidine rings is 3. The maximum atomic E-state index is 13.7. The molecule has 1 N–H and O–H groups in total. The lowest BCUT2D eigenvalue weighted by atomic mass is 9.97. The molecule has 3 fully saturated rings. The number of methoxy groups -OCH3 is 1. The number of carbonyl (C=O) groups excluding carboxylic acids is 3. The third-order valence-corrected chi connectivity index (χ3v) is 9.96. The van der Waals surface area contributed by atoms with Gasteiger partial charge >= 0.3 is 11.8 Å². The number of hydrogen-bond donors (Lipinski definition) is 1. The molecule has 48 heavy (non-hydrogen) atoms. The van der Waals surface area contributed by atoms with Crippen molar-refractivity contribution in [3.63, 3.8) is 0 Å². The Kier molecular flexibility index (Phi) is 9.55. The number of aryl methyl sites for hydroxylation is 1. The Bertz CT molecular complexity index is 1710. The number of ether oxygens (including phenoxy) is 2. The molecule has 0 bridgehead atoms. The zero-order valence-corrected chi connectivity index (χ0v) is 28.7. The van der Waals surface area contributed by atoms with Gasteiger partial charge in [0.2, 0.25) is 5.91 Å². The molecule has 3 amide bonds. The molecular formula is C36H48N6O6. The minimum absolute atomic E-state index is 0.141. The van der Waals surface area contributed by atoms with Gasteiger partial charge in [0.25, 0.3) is 5.91 Å². The average Bonchev–Trinajstić information content (AvgIpc) is 3.31. The lowest BCUT2D eigenvalue weighted by Crippen LogP contribution is -2.51. The van der Waals surface area contributed by atoms with E-state index >= 15 is 0 Å². The second-order valence-electron chi connectivity index (χ2n) is 14.3. The number of carbonyl (C=O) groups is 3. The van der Waals surface area contributed by atoms with E-state index in [4.69, 9.17) is 9.47 Å². The first-order valence-corrected chi connectivity index (χ1v) is 17.1. The predicted molar refractivity (Wildman–Crippen MR) is 183 cm³/mol. The standard InChI is InChI=1S/C36H48N6O6/c1-36(2,3)48-34(45)37-25-14-18-39(19-15-25)26-16-20-40(21-17-26)27-8-11-29-31(22-27)38(4)35(46)42(29)30-12-13-32(43)41(33(30)44)23-24-6-9-28(47-5)10-7-24/h6-11,22,25-26,30H,12-21,23H2,1-5H3,(H,37,45). The smallest absolute Gasteiger partial charge is 0.407 e. The first kappa shape index (κ1) is 33.6. The van der Waals surface area contributed by atoms with Crippen LogP contribution in [0.4, 0.5) is 10.5 Å². The maximum Gasteiger partial charge on any atom is 0.407 e. The summed E-state index contributed by atoms with van der Waals surface area (Å²) in [6.45, 7) is 9.50. The summed E-state index contributed by atoms with van der Waals surface area (Å²) in [5.74, 6) is 0.116. The monoisotopic (exact) mass is 660 g/mol. The van der Waals surface area contributed by atoms with Crippen LogP contribution < -0.4 is 20.6 Å². The molecule has 0 spiro atoms. The van der Waals surface area contributed by atoms with E-state index in [0.717, 1.165) is 68.6 Å². The number of nitrogens with one attached hydrogen (secondary N) is 1. The molecule has 3 aromatic rings. The van der Waals surface area contributed by atoms with Crippen molar-refractivity contribution in [1.29, 1.82) is 0 Å². The van der Waals surface area contributed by atoms with Crippen molar-refractivity contribution in [2.24, 2.45) is 7.05 Å². The van der Waals surface area contributed by atoms with Gasteiger partial charge in [0, 0.05) is 57.4 Å². The van der Waals surface area contributed by atoms with Gasteiger partial charge in [-0.3, -0.25) is 23.6 Å². The summed E-state index contributed by atoms with van der Waals surface area (Å²) in [7, 11) is 3.33. The van der Waals surface area contributed by atoms with E-state index in [9.17, 15) is 19.2 Å². The Morgan fingerprint density at radius 2 is 1.58 bits per heavy atom. The van der Waals surface area contributed by atoms with Crippen molar-refractivity contribution in [3.8, 4) is 5.75 Å². The molecule has 6 rings (SSSR count). The molecule has 12 heteroatoms. The summed E-state index contributed by atoms with van der Waals surface area (Å²) < 4.78 is 13.8. The van der Waals surface area contributed by atoms with Gasteiger partial charge in [-0.05, 0) is 88.8 Å². The van der Waals surface area contributed by atoms with Crippen LogP contribution in [0.25, 0.3) is 11.0 Å². The van der Waals surface area contributed by atoms with E-state index in [1.54, 1.807) is 35.4 Å². The van der Waals surface area contributed by atoms with E-state index in [2.05, 4.69) is 21.2 Å². The van der Waals surface area contributed by atoms with E-state index in [-0.39, 0.29) is 42.6 Å². The predicted octanol–water partition coefficient (Wildman–Crippen LogP) is 4.20. The fraction of sp³-hybridized carbons (Fsp3) is 0.556. The van der Waals surface area contributed by atoms with Crippen LogP contribution in [0.2, 0.25) is 0 Å². The third kappa shape index (κ3) is 7.08. The number of fused-ring (bicyclic) bond motifs is 1. The molecule has 3 saturated heterocycles. The fourth-order valence-electron chi connectivity index (χ4n) is 7.36. The summed E-state index contributed by atoms with van der Waals surface area (Å²) >= 11 is 0. The fourth-order valence-corrected chi connectivity index (χ4v) is 7.36. The summed E-state index contributed by atoms with van der Waals surface area (Å²) in [6, 6.07) is 13.2. The summed E-state index contributed by atoms with van der Waals surface area (Å²) in [5, 5.41) is 3.03. The number of imide groups is 1. The van der Waals surface area contributed by atoms with Gasteiger partial charge in [0.1, 0.15) is 17.4 Å². The molecule has 0 radical (unpaired) electrons. The van der Waals surface area contributed by atoms with Crippen LogP contribution in [0.3, 0.4) is 0 Å². The quantitative estimate of drug-likeness (QED) is 0.375. The molecule has 3 aliphatic heterocycles. The summed E-state index contributed by atoms with van der Waals surface area (Å²) in [5.41, 5.74) is 2.57. The highest BCUT2D eigenvalue weighted by molar-refractivity contribution is 6.00. The number of anilines is 1. The Morgan fingerprint density at radius 1 is 0.896 bits per heavy atom. The molecule has 2 aromatic carbocycles. The molecule has 1 atom stereocenters. The van der Waals surface area contributed by atoms with E-state index in [1.165, 1.54) is 4.90 Å². The minimum atomic E-state index is -0.748. The van der Waals surface area contributed by atoms with Gasteiger partial charge in [0.05, 0.1) is 24.7 Å². The second kappa shape index (κ2) is 13.7. The van der Waals surface area contributed by atoms with Gasteiger partial charge in [-0.1, -0.05) is 12.1 Å². The first-order chi connectivity index (χ1) is 22.9. The van der Waals surface area contributed by atoms with Gasteiger partial charge in [-0.25, -0.2) is 9.59 Å². The van der Waals surface area contributed by atoms with Crippen molar-refractivity contribution in [1.82, 2.24) is 24.3 Å². The van der Waals surface area contributed by atoms with E-state index in [0.29, 0.717) is 23.7 Å². The zero-order chi connectivity index (χ0) is 34.2. The second-order valence-corrected chi connectivity index (χ2v) is 14.3. The van der Waals surface area contributed by atoms with Crippen LogP contribution in [0.1, 0.15) is 70.9 Å². The topological polar surface area (TPSA) is 118 Å². The number of likely N-dealkylation sites (tertiary alicyclic amines) is 2. The van der Waals surface area contributed by atoms with Crippen LogP contribution in [0.15, 0.2) is 47.3 Å². The molecule has 258 valence electrons. The number of aromatic nitrogens is 2.